The second kappa shape index (κ2) is 11.1. The molecule has 2 heterocycles. The van der Waals surface area contributed by atoms with Crippen LogP contribution in [0.2, 0.25) is 0 Å². The quantitative estimate of drug-likeness (QED) is 0.489. The van der Waals surface area contributed by atoms with E-state index in [1.807, 2.05) is 4.90 Å². The number of carbonyl (C=O) groups is 2. The summed E-state index contributed by atoms with van der Waals surface area (Å²) >= 11 is 0. The molecule has 1 aromatic heterocycles. The number of amides is 3. The number of rotatable bonds is 9. The summed E-state index contributed by atoms with van der Waals surface area (Å²) in [7, 11) is 0.913. The Balaban J connectivity index is 1.26. The van der Waals surface area contributed by atoms with Gasteiger partial charge < -0.3 is 15.1 Å². The predicted molar refractivity (Wildman–Crippen MR) is 155 cm³/mol. The van der Waals surface area contributed by atoms with Crippen molar-refractivity contribution in [2.45, 2.75) is 67.5 Å². The molecule has 1 saturated heterocycles. The zero-order chi connectivity index (χ0) is 28.5. The van der Waals surface area contributed by atoms with Gasteiger partial charge in [0.05, 0.1) is 17.4 Å². The Hall–Kier alpha value is -2.98. The van der Waals surface area contributed by atoms with Gasteiger partial charge in [0.2, 0.25) is 5.91 Å². The van der Waals surface area contributed by atoms with Crippen LogP contribution in [-0.2, 0) is 20.2 Å². The Morgan fingerprint density at radius 3 is 2.33 bits per heavy atom. The van der Waals surface area contributed by atoms with Gasteiger partial charge in [-0.25, -0.2) is 18.2 Å². The van der Waals surface area contributed by atoms with Gasteiger partial charge in [0.25, 0.3) is 0 Å². The molecule has 2 aliphatic carbocycles. The first kappa shape index (κ1) is 28.5. The molecule has 3 amide bonds. The van der Waals surface area contributed by atoms with Crippen molar-refractivity contribution in [3.63, 3.8) is 0 Å². The van der Waals surface area contributed by atoms with Gasteiger partial charge in [-0.3, -0.25) is 9.69 Å². The van der Waals surface area contributed by atoms with Gasteiger partial charge in [-0.05, 0) is 76.2 Å². The lowest BCUT2D eigenvalue weighted by Gasteiger charge is -2.51. The minimum absolute atomic E-state index is 0.0388. The predicted octanol–water partition coefficient (Wildman–Crippen LogP) is 4.12. The monoisotopic (exact) mass is 567 g/mol. The summed E-state index contributed by atoms with van der Waals surface area (Å²) in [6, 6.07) is 13.7. The van der Waals surface area contributed by atoms with E-state index in [9.17, 15) is 18.0 Å². The SMILES string of the molecule is CN(C)C1(c2ccccc2)CCC2(CC1)CN(CCC(=O)Nc1ccc(S(C)(=O)=O)nc1)C(=O)N2CC1CCC1. The maximum Gasteiger partial charge on any atom is 0.320 e. The third-order valence-corrected chi connectivity index (χ3v) is 10.4. The fourth-order valence-electron chi connectivity index (χ4n) is 6.69. The summed E-state index contributed by atoms with van der Waals surface area (Å²) in [5, 5.41) is 2.74. The van der Waals surface area contributed by atoms with Crippen LogP contribution < -0.4 is 5.32 Å². The van der Waals surface area contributed by atoms with Crippen molar-refractivity contribution >= 4 is 27.5 Å². The van der Waals surface area contributed by atoms with Crippen molar-refractivity contribution in [2.24, 2.45) is 5.92 Å². The molecule has 0 atom stereocenters. The van der Waals surface area contributed by atoms with Crippen LogP contribution in [0.15, 0.2) is 53.7 Å². The van der Waals surface area contributed by atoms with Crippen LogP contribution in [0.4, 0.5) is 10.5 Å². The average Bonchev–Trinajstić information content (AvgIpc) is 3.15. The van der Waals surface area contributed by atoms with E-state index in [1.165, 1.54) is 43.2 Å². The van der Waals surface area contributed by atoms with Crippen molar-refractivity contribution in [1.82, 2.24) is 19.7 Å². The third kappa shape index (κ3) is 5.61. The molecule has 0 radical (unpaired) electrons. The Bertz CT molecular complexity index is 1320. The number of hydrogen-bond donors (Lipinski definition) is 1. The number of benzene rings is 1. The molecular formula is C30H41N5O4S. The number of urea groups is 1. The van der Waals surface area contributed by atoms with E-state index in [0.29, 0.717) is 24.7 Å². The average molecular weight is 568 g/mol. The van der Waals surface area contributed by atoms with Crippen molar-refractivity contribution < 1.29 is 18.0 Å². The summed E-state index contributed by atoms with van der Waals surface area (Å²) in [5.74, 6) is 0.341. The van der Waals surface area contributed by atoms with Gasteiger partial charge in [0.1, 0.15) is 0 Å². The Labute approximate surface area is 237 Å². The summed E-state index contributed by atoms with van der Waals surface area (Å²) in [5.41, 5.74) is 1.51. The standard InChI is InChI=1S/C30H41N5O4S/c1-33(2)30(24-10-5-4-6-11-24)17-15-29(16-18-30)22-34(28(37)35(29)21-23-8-7-9-23)19-14-26(36)32-25-12-13-27(31-20-25)40(3,38)39/h4-6,10-13,20,23H,7-9,14-19,21-22H2,1-3H3,(H,32,36). The Morgan fingerprint density at radius 2 is 1.77 bits per heavy atom. The normalized spacial score (nSPS) is 25.4. The van der Waals surface area contributed by atoms with Crippen LogP contribution in [0, 0.1) is 5.92 Å². The summed E-state index contributed by atoms with van der Waals surface area (Å²) < 4.78 is 23.3. The molecule has 1 N–H and O–H groups in total. The smallest absolute Gasteiger partial charge is 0.320 e. The van der Waals surface area contributed by atoms with Gasteiger partial charge in [-0.1, -0.05) is 36.8 Å². The van der Waals surface area contributed by atoms with E-state index in [4.69, 9.17) is 0 Å². The molecule has 10 heteroatoms. The molecule has 3 fully saturated rings. The van der Waals surface area contributed by atoms with E-state index < -0.39 is 9.84 Å². The van der Waals surface area contributed by atoms with Crippen molar-refractivity contribution in [2.75, 3.05) is 45.3 Å². The van der Waals surface area contributed by atoms with Crippen LogP contribution in [0.25, 0.3) is 0 Å². The molecule has 5 rings (SSSR count). The van der Waals surface area contributed by atoms with Crippen molar-refractivity contribution in [3.8, 4) is 0 Å². The third-order valence-electron chi connectivity index (χ3n) is 9.41. The molecule has 1 aromatic carbocycles. The zero-order valence-electron chi connectivity index (χ0n) is 23.8. The molecular weight excluding hydrogens is 526 g/mol. The van der Waals surface area contributed by atoms with Crippen LogP contribution in [-0.4, -0.2) is 85.6 Å². The maximum atomic E-state index is 13.8. The summed E-state index contributed by atoms with van der Waals surface area (Å²) in [6.45, 7) is 1.80. The molecule has 3 aliphatic rings. The molecule has 2 aromatic rings. The zero-order valence-corrected chi connectivity index (χ0v) is 24.6. The number of nitrogens with zero attached hydrogens (tertiary/aromatic N) is 4. The molecule has 9 nitrogen and oxygen atoms in total. The molecule has 216 valence electrons. The fourth-order valence-corrected chi connectivity index (χ4v) is 7.25. The van der Waals surface area contributed by atoms with Gasteiger partial charge >= 0.3 is 6.03 Å². The second-order valence-corrected chi connectivity index (χ2v) is 14.0. The minimum Gasteiger partial charge on any atom is -0.325 e. The molecule has 1 aliphatic heterocycles. The first-order chi connectivity index (χ1) is 19.0. The van der Waals surface area contributed by atoms with Gasteiger partial charge in [0, 0.05) is 37.8 Å². The van der Waals surface area contributed by atoms with Crippen molar-refractivity contribution in [3.05, 3.63) is 54.2 Å². The van der Waals surface area contributed by atoms with Crippen LogP contribution >= 0.6 is 0 Å². The number of hydrogen-bond acceptors (Lipinski definition) is 6. The highest BCUT2D eigenvalue weighted by atomic mass is 32.2. The van der Waals surface area contributed by atoms with Crippen molar-refractivity contribution in [1.29, 1.82) is 0 Å². The van der Waals surface area contributed by atoms with Gasteiger partial charge in [0.15, 0.2) is 14.9 Å². The molecule has 2 saturated carbocycles. The highest BCUT2D eigenvalue weighted by molar-refractivity contribution is 7.90. The topological polar surface area (TPSA) is 103 Å². The lowest BCUT2D eigenvalue weighted by Crippen LogP contribution is -2.56. The Morgan fingerprint density at radius 1 is 1.07 bits per heavy atom. The van der Waals surface area contributed by atoms with E-state index in [1.54, 1.807) is 0 Å². The number of nitrogens with one attached hydrogen (secondary N) is 1. The molecule has 1 spiro atoms. The van der Waals surface area contributed by atoms with E-state index in [0.717, 1.165) is 38.5 Å². The highest BCUT2D eigenvalue weighted by Crippen LogP contribution is 2.49. The number of sulfone groups is 1. The first-order valence-corrected chi connectivity index (χ1v) is 16.2. The lowest BCUT2D eigenvalue weighted by atomic mass is 9.68. The summed E-state index contributed by atoms with van der Waals surface area (Å²) in [6.07, 6.45) is 10.0. The van der Waals surface area contributed by atoms with Crippen LogP contribution in [0.1, 0.15) is 56.9 Å². The second-order valence-electron chi connectivity index (χ2n) is 12.1. The molecule has 0 bridgehead atoms. The highest BCUT2D eigenvalue weighted by Gasteiger charge is 2.54. The van der Waals surface area contributed by atoms with E-state index in [2.05, 4.69) is 64.5 Å². The van der Waals surface area contributed by atoms with Crippen LogP contribution in [0.3, 0.4) is 0 Å². The Kier molecular flexibility index (Phi) is 7.94. The maximum absolute atomic E-state index is 13.8. The largest absolute Gasteiger partial charge is 0.325 e. The van der Waals surface area contributed by atoms with Crippen LogP contribution in [0.5, 0.6) is 0 Å². The summed E-state index contributed by atoms with van der Waals surface area (Å²) in [4.78, 5) is 36.8. The van der Waals surface area contributed by atoms with E-state index >= 15 is 0 Å². The fraction of sp³-hybridized carbons (Fsp3) is 0.567. The molecule has 40 heavy (non-hydrogen) atoms. The first-order valence-electron chi connectivity index (χ1n) is 14.3. The number of carbonyl (C=O) groups excluding carboxylic acids is 2. The van der Waals surface area contributed by atoms with Gasteiger partial charge in [-0.15, -0.1) is 0 Å². The van der Waals surface area contributed by atoms with Gasteiger partial charge in [-0.2, -0.15) is 0 Å². The molecule has 0 unspecified atom stereocenters. The minimum atomic E-state index is -3.40. The number of aromatic nitrogens is 1. The lowest BCUT2D eigenvalue weighted by molar-refractivity contribution is -0.116. The number of pyridine rings is 1. The number of anilines is 1. The van der Waals surface area contributed by atoms with E-state index in [-0.39, 0.29) is 34.5 Å².